The van der Waals surface area contributed by atoms with Crippen LogP contribution in [-0.4, -0.2) is 11.7 Å². The molecule has 2 nitrogen and oxygen atoms in total. The maximum absolute atomic E-state index is 12.6. The number of rotatable bonds is 2. The van der Waals surface area contributed by atoms with Crippen LogP contribution in [0.5, 0.6) is 0 Å². The molecule has 0 unspecified atom stereocenters. The van der Waals surface area contributed by atoms with Gasteiger partial charge in [-0.05, 0) is 11.4 Å². The van der Waals surface area contributed by atoms with Crippen molar-refractivity contribution >= 4 is 11.3 Å². The zero-order chi connectivity index (χ0) is 7.56. The molecule has 0 aliphatic rings. The Morgan fingerprint density at radius 1 is 1.80 bits per heavy atom. The molecule has 0 saturated heterocycles. The van der Waals surface area contributed by atoms with Crippen LogP contribution >= 0.6 is 11.3 Å². The Hall–Kier alpha value is -0.450. The summed E-state index contributed by atoms with van der Waals surface area (Å²) in [5.74, 6) is -0.327. The largest absolute Gasteiger partial charge is 0.394 e. The van der Waals surface area contributed by atoms with Crippen LogP contribution in [0.15, 0.2) is 11.4 Å². The first-order valence-corrected chi connectivity index (χ1v) is 3.73. The second kappa shape index (κ2) is 3.09. The van der Waals surface area contributed by atoms with Gasteiger partial charge in [0.05, 0.1) is 17.5 Å². The standard InChI is InChI=1S/C6H8FNOS/c7-4-1-2-10-6(4)5(8)3-9/h1-2,5,9H,3,8H2/t5-/m0/s1. The Morgan fingerprint density at radius 3 is 2.90 bits per heavy atom. The van der Waals surface area contributed by atoms with Gasteiger partial charge < -0.3 is 10.8 Å². The number of thiophene rings is 1. The minimum atomic E-state index is -0.569. The van der Waals surface area contributed by atoms with Gasteiger partial charge >= 0.3 is 0 Å². The van der Waals surface area contributed by atoms with Crippen LogP contribution in [0, 0.1) is 5.82 Å². The van der Waals surface area contributed by atoms with Crippen LogP contribution in [0.4, 0.5) is 4.39 Å². The average Bonchev–Trinajstić information content (AvgIpc) is 2.34. The van der Waals surface area contributed by atoms with Crippen molar-refractivity contribution in [2.75, 3.05) is 6.61 Å². The van der Waals surface area contributed by atoms with Crippen molar-refractivity contribution in [3.8, 4) is 0 Å². The van der Waals surface area contributed by atoms with E-state index in [0.29, 0.717) is 4.88 Å². The maximum Gasteiger partial charge on any atom is 0.138 e. The van der Waals surface area contributed by atoms with E-state index in [4.69, 9.17) is 10.8 Å². The molecule has 0 aliphatic heterocycles. The van der Waals surface area contributed by atoms with Crippen LogP contribution in [-0.2, 0) is 0 Å². The Kier molecular flexibility index (Phi) is 2.37. The van der Waals surface area contributed by atoms with E-state index in [1.807, 2.05) is 0 Å². The van der Waals surface area contributed by atoms with Crippen molar-refractivity contribution in [2.45, 2.75) is 6.04 Å². The van der Waals surface area contributed by atoms with Gasteiger partial charge in [-0.3, -0.25) is 0 Å². The minimum absolute atomic E-state index is 0.211. The molecule has 1 aromatic heterocycles. The van der Waals surface area contributed by atoms with Crippen LogP contribution in [0.3, 0.4) is 0 Å². The van der Waals surface area contributed by atoms with Crippen molar-refractivity contribution in [2.24, 2.45) is 5.73 Å². The average molecular weight is 161 g/mol. The molecule has 0 amide bonds. The van der Waals surface area contributed by atoms with Gasteiger partial charge in [0.25, 0.3) is 0 Å². The first kappa shape index (κ1) is 7.65. The van der Waals surface area contributed by atoms with Crippen molar-refractivity contribution in [1.82, 2.24) is 0 Å². The molecule has 0 bridgehead atoms. The summed E-state index contributed by atoms with van der Waals surface area (Å²) < 4.78 is 12.6. The van der Waals surface area contributed by atoms with Crippen LogP contribution < -0.4 is 5.73 Å². The fraction of sp³-hybridized carbons (Fsp3) is 0.333. The van der Waals surface area contributed by atoms with Crippen LogP contribution in [0.2, 0.25) is 0 Å². The molecule has 3 N–H and O–H groups in total. The van der Waals surface area contributed by atoms with Gasteiger partial charge in [0.1, 0.15) is 5.82 Å². The Bertz CT molecular complexity index is 213. The summed E-state index contributed by atoms with van der Waals surface area (Å²) in [5.41, 5.74) is 5.36. The summed E-state index contributed by atoms with van der Waals surface area (Å²) in [7, 11) is 0. The first-order chi connectivity index (χ1) is 4.75. The Morgan fingerprint density at radius 2 is 2.50 bits per heavy atom. The molecule has 4 heteroatoms. The molecular weight excluding hydrogens is 153 g/mol. The highest BCUT2D eigenvalue weighted by Crippen LogP contribution is 2.20. The molecule has 0 aliphatic carbocycles. The molecule has 0 radical (unpaired) electrons. The maximum atomic E-state index is 12.6. The molecule has 0 aromatic carbocycles. The van der Waals surface area contributed by atoms with E-state index in [1.54, 1.807) is 5.38 Å². The van der Waals surface area contributed by atoms with E-state index in [2.05, 4.69) is 0 Å². The molecule has 1 heterocycles. The number of nitrogens with two attached hydrogens (primary N) is 1. The monoisotopic (exact) mass is 161 g/mol. The molecule has 56 valence electrons. The zero-order valence-corrected chi connectivity index (χ0v) is 6.07. The fourth-order valence-corrected chi connectivity index (χ4v) is 1.42. The lowest BCUT2D eigenvalue weighted by molar-refractivity contribution is 0.267. The highest BCUT2D eigenvalue weighted by Gasteiger charge is 2.10. The third-order valence-corrected chi connectivity index (χ3v) is 2.20. The second-order valence-electron chi connectivity index (χ2n) is 1.92. The van der Waals surface area contributed by atoms with Gasteiger partial charge in [-0.1, -0.05) is 0 Å². The van der Waals surface area contributed by atoms with Crippen LogP contribution in [0.1, 0.15) is 10.9 Å². The Balaban J connectivity index is 2.82. The van der Waals surface area contributed by atoms with E-state index < -0.39 is 6.04 Å². The lowest BCUT2D eigenvalue weighted by Gasteiger charge is -2.03. The number of halogens is 1. The summed E-state index contributed by atoms with van der Waals surface area (Å²) >= 11 is 1.22. The highest BCUT2D eigenvalue weighted by molar-refractivity contribution is 7.10. The number of aliphatic hydroxyl groups is 1. The normalized spacial score (nSPS) is 13.5. The summed E-state index contributed by atoms with van der Waals surface area (Å²) in [4.78, 5) is 0.419. The summed E-state index contributed by atoms with van der Waals surface area (Å²) in [5, 5.41) is 10.2. The molecule has 1 rings (SSSR count). The smallest absolute Gasteiger partial charge is 0.138 e. The topological polar surface area (TPSA) is 46.2 Å². The summed E-state index contributed by atoms with van der Waals surface area (Å²) in [6.07, 6.45) is 0. The molecule has 1 atom stereocenters. The lowest BCUT2D eigenvalue weighted by atomic mass is 10.3. The zero-order valence-electron chi connectivity index (χ0n) is 5.25. The van der Waals surface area contributed by atoms with Crippen molar-refractivity contribution in [3.63, 3.8) is 0 Å². The third kappa shape index (κ3) is 1.34. The number of hydrogen-bond acceptors (Lipinski definition) is 3. The van der Waals surface area contributed by atoms with Gasteiger partial charge in [0.2, 0.25) is 0 Å². The predicted octanol–water partition coefficient (Wildman–Crippen LogP) is 0.879. The van der Waals surface area contributed by atoms with E-state index in [-0.39, 0.29) is 12.4 Å². The first-order valence-electron chi connectivity index (χ1n) is 2.85. The molecule has 0 spiro atoms. The van der Waals surface area contributed by atoms with Crippen molar-refractivity contribution in [3.05, 3.63) is 22.1 Å². The van der Waals surface area contributed by atoms with Gasteiger partial charge in [-0.25, -0.2) is 4.39 Å². The predicted molar refractivity (Wildman–Crippen MR) is 38.3 cm³/mol. The van der Waals surface area contributed by atoms with E-state index in [0.717, 1.165) is 0 Å². The number of hydrogen-bond donors (Lipinski definition) is 2. The minimum Gasteiger partial charge on any atom is -0.394 e. The van der Waals surface area contributed by atoms with E-state index in [9.17, 15) is 4.39 Å². The van der Waals surface area contributed by atoms with E-state index >= 15 is 0 Å². The third-order valence-electron chi connectivity index (χ3n) is 1.18. The highest BCUT2D eigenvalue weighted by atomic mass is 32.1. The molecule has 0 fully saturated rings. The lowest BCUT2D eigenvalue weighted by Crippen LogP contribution is -2.13. The molecule has 10 heavy (non-hydrogen) atoms. The fourth-order valence-electron chi connectivity index (χ4n) is 0.653. The van der Waals surface area contributed by atoms with Crippen LogP contribution in [0.25, 0.3) is 0 Å². The quantitative estimate of drug-likeness (QED) is 0.676. The van der Waals surface area contributed by atoms with E-state index in [1.165, 1.54) is 17.4 Å². The second-order valence-corrected chi connectivity index (χ2v) is 2.87. The van der Waals surface area contributed by atoms with Crippen molar-refractivity contribution < 1.29 is 9.50 Å². The van der Waals surface area contributed by atoms with Gasteiger partial charge in [-0.15, -0.1) is 11.3 Å². The molecule has 0 saturated carbocycles. The molecule has 1 aromatic rings. The summed E-state index contributed by atoms with van der Waals surface area (Å²) in [6.45, 7) is -0.211. The van der Waals surface area contributed by atoms with Gasteiger partial charge in [-0.2, -0.15) is 0 Å². The number of aliphatic hydroxyl groups excluding tert-OH is 1. The Labute approximate surface area is 62.1 Å². The van der Waals surface area contributed by atoms with Crippen molar-refractivity contribution in [1.29, 1.82) is 0 Å². The van der Waals surface area contributed by atoms with Gasteiger partial charge in [0, 0.05) is 0 Å². The van der Waals surface area contributed by atoms with Gasteiger partial charge in [0.15, 0.2) is 0 Å². The molecular formula is C6H8FNOS. The summed E-state index contributed by atoms with van der Waals surface area (Å²) in [6, 6.07) is 0.773. The SMILES string of the molecule is N[C@@H](CO)c1sccc1F.